The number of rotatable bonds is 2. The molecule has 2 heterocycles. The molecule has 0 unspecified atom stereocenters. The van der Waals surface area contributed by atoms with Gasteiger partial charge in [0.15, 0.2) is 6.10 Å². The Morgan fingerprint density at radius 1 is 1.47 bits per heavy atom. The van der Waals surface area contributed by atoms with E-state index >= 15 is 0 Å². The van der Waals surface area contributed by atoms with E-state index in [4.69, 9.17) is 9.84 Å². The van der Waals surface area contributed by atoms with Gasteiger partial charge in [0.2, 0.25) is 0 Å². The molecular weight excluding hydrogens is 260 g/mol. The molecule has 9 nitrogen and oxygen atoms in total. The molecule has 0 saturated carbocycles. The van der Waals surface area contributed by atoms with E-state index in [1.54, 1.807) is 0 Å². The topological polar surface area (TPSA) is 145 Å². The van der Waals surface area contributed by atoms with Crippen molar-refractivity contribution < 1.29 is 25.2 Å². The number of aromatic nitrogens is 2. The largest absolute Gasteiger partial charge is 0.394 e. The second-order valence-electron chi connectivity index (χ2n) is 4.37. The third-order valence-corrected chi connectivity index (χ3v) is 3.06. The van der Waals surface area contributed by atoms with Gasteiger partial charge in [-0.05, 0) is 6.92 Å². The molecule has 0 aliphatic carbocycles. The molecule has 1 aromatic rings. The molecule has 1 aliphatic heterocycles. The van der Waals surface area contributed by atoms with Gasteiger partial charge in [-0.1, -0.05) is 0 Å². The summed E-state index contributed by atoms with van der Waals surface area (Å²) in [6.07, 6.45) is -3.68. The van der Waals surface area contributed by atoms with Gasteiger partial charge < -0.3 is 25.2 Å². The van der Waals surface area contributed by atoms with Crippen molar-refractivity contribution in [2.45, 2.75) is 31.1 Å². The molecular formula is C10H14N2O7. The minimum Gasteiger partial charge on any atom is -0.394 e. The van der Waals surface area contributed by atoms with Crippen LogP contribution < -0.4 is 11.2 Å². The van der Waals surface area contributed by atoms with E-state index in [2.05, 4.69) is 0 Å². The quantitative estimate of drug-likeness (QED) is 0.377. The van der Waals surface area contributed by atoms with Crippen LogP contribution in [0, 0.1) is 6.92 Å². The first kappa shape index (κ1) is 13.9. The van der Waals surface area contributed by atoms with E-state index in [0.717, 1.165) is 6.20 Å². The monoisotopic (exact) mass is 274 g/mol. The maximum atomic E-state index is 11.6. The third kappa shape index (κ3) is 2.01. The summed E-state index contributed by atoms with van der Waals surface area (Å²) in [7, 11) is 0. The maximum Gasteiger partial charge on any atom is 0.332 e. The lowest BCUT2D eigenvalue weighted by Crippen LogP contribution is -2.51. The fourth-order valence-corrected chi connectivity index (χ4v) is 1.94. The molecule has 106 valence electrons. The van der Waals surface area contributed by atoms with Gasteiger partial charge in [0, 0.05) is 11.8 Å². The Morgan fingerprint density at radius 2 is 2.11 bits per heavy atom. The lowest BCUT2D eigenvalue weighted by molar-refractivity contribution is -0.291. The highest BCUT2D eigenvalue weighted by molar-refractivity contribution is 5.04. The van der Waals surface area contributed by atoms with Crippen LogP contribution in [0.4, 0.5) is 0 Å². The Morgan fingerprint density at radius 3 is 2.63 bits per heavy atom. The predicted molar refractivity (Wildman–Crippen MR) is 60.2 cm³/mol. The number of aliphatic hydroxyl groups is 4. The molecule has 0 amide bonds. The summed E-state index contributed by atoms with van der Waals surface area (Å²) in [6.45, 7) is 0.733. The summed E-state index contributed by atoms with van der Waals surface area (Å²) in [5.74, 6) is -2.56. The third-order valence-electron chi connectivity index (χ3n) is 3.06. The molecule has 0 bridgehead atoms. The van der Waals surface area contributed by atoms with Crippen LogP contribution in [-0.4, -0.2) is 54.9 Å². The molecule has 0 radical (unpaired) electrons. The number of ether oxygens (including phenoxy) is 1. The van der Waals surface area contributed by atoms with Gasteiger partial charge in [-0.15, -0.1) is 0 Å². The van der Waals surface area contributed by atoms with Crippen molar-refractivity contribution in [2.24, 2.45) is 0 Å². The Labute approximate surface area is 106 Å². The Balaban J connectivity index is 2.55. The standard InChI is InChI=1S/C10H14N2O7/c1-4-2-12(9(17)11-8(4)16)10(18)7(15)6(14)5(3-13)19-10/h2,5-7,13-15,18H,3H2,1H3,(H,11,16,17)/t5-,6-,7-,10-/m1/s1. The van der Waals surface area contributed by atoms with Gasteiger partial charge in [-0.25, -0.2) is 9.36 Å². The second-order valence-corrected chi connectivity index (χ2v) is 4.37. The molecule has 19 heavy (non-hydrogen) atoms. The average Bonchev–Trinajstić information content (AvgIpc) is 2.59. The molecule has 0 aromatic carbocycles. The van der Waals surface area contributed by atoms with E-state index in [1.165, 1.54) is 6.92 Å². The first-order valence-electron chi connectivity index (χ1n) is 5.51. The first-order valence-corrected chi connectivity index (χ1v) is 5.51. The van der Waals surface area contributed by atoms with Crippen LogP contribution in [0.5, 0.6) is 0 Å². The fraction of sp³-hybridized carbons (Fsp3) is 0.600. The first-order chi connectivity index (χ1) is 8.81. The van der Waals surface area contributed by atoms with E-state index < -0.39 is 42.1 Å². The van der Waals surface area contributed by atoms with Gasteiger partial charge >= 0.3 is 5.69 Å². The average molecular weight is 274 g/mol. The zero-order chi connectivity index (χ0) is 14.4. The molecule has 9 heteroatoms. The number of H-pyrrole nitrogens is 1. The summed E-state index contributed by atoms with van der Waals surface area (Å²) in [4.78, 5) is 24.8. The molecule has 1 fully saturated rings. The molecule has 1 saturated heterocycles. The normalized spacial score (nSPS) is 34.7. The number of hydrogen-bond acceptors (Lipinski definition) is 7. The molecule has 2 rings (SSSR count). The van der Waals surface area contributed by atoms with Gasteiger partial charge in [0.05, 0.1) is 6.61 Å². The Bertz CT molecular complexity index is 594. The number of nitrogens with one attached hydrogen (secondary N) is 1. The fourth-order valence-electron chi connectivity index (χ4n) is 1.94. The molecule has 4 atom stereocenters. The van der Waals surface area contributed by atoms with E-state index in [9.17, 15) is 24.9 Å². The van der Waals surface area contributed by atoms with Crippen LogP contribution in [0.2, 0.25) is 0 Å². The summed E-state index contributed by atoms with van der Waals surface area (Å²) < 4.78 is 5.49. The molecule has 0 spiro atoms. The van der Waals surface area contributed by atoms with Crippen LogP contribution >= 0.6 is 0 Å². The van der Waals surface area contributed by atoms with Crippen LogP contribution in [0.1, 0.15) is 5.56 Å². The van der Waals surface area contributed by atoms with Crippen molar-refractivity contribution in [1.29, 1.82) is 0 Å². The SMILES string of the molecule is Cc1cn([C@]2(O)O[C@H](CO)[C@@H](O)[C@H]2O)c(=O)[nH]c1=O. The van der Waals surface area contributed by atoms with Crippen molar-refractivity contribution in [3.05, 3.63) is 32.6 Å². The molecule has 1 aromatic heterocycles. The summed E-state index contributed by atoms with van der Waals surface area (Å²) >= 11 is 0. The van der Waals surface area contributed by atoms with Crippen molar-refractivity contribution in [2.75, 3.05) is 6.61 Å². The lowest BCUT2D eigenvalue weighted by Gasteiger charge is -2.27. The Hall–Kier alpha value is -1.52. The molecule has 1 aliphatic rings. The highest BCUT2D eigenvalue weighted by Gasteiger charge is 2.55. The summed E-state index contributed by atoms with van der Waals surface area (Å²) in [5.41, 5.74) is -1.55. The van der Waals surface area contributed by atoms with Crippen LogP contribution in [0.15, 0.2) is 15.8 Å². The second kappa shape index (κ2) is 4.54. The summed E-state index contributed by atoms with van der Waals surface area (Å²) in [5, 5.41) is 38.5. The predicted octanol–water partition coefficient (Wildman–Crippen LogP) is -3.44. The van der Waals surface area contributed by atoms with E-state index in [1.807, 2.05) is 4.98 Å². The van der Waals surface area contributed by atoms with Crippen molar-refractivity contribution >= 4 is 0 Å². The van der Waals surface area contributed by atoms with Gasteiger partial charge in [-0.3, -0.25) is 9.78 Å². The number of aryl methyl sites for hydroxylation is 1. The van der Waals surface area contributed by atoms with Crippen molar-refractivity contribution in [3.8, 4) is 0 Å². The zero-order valence-electron chi connectivity index (χ0n) is 9.98. The Kier molecular flexibility index (Phi) is 3.32. The number of hydrogen-bond donors (Lipinski definition) is 5. The van der Waals surface area contributed by atoms with Crippen LogP contribution in [0.3, 0.4) is 0 Å². The van der Waals surface area contributed by atoms with E-state index in [0.29, 0.717) is 4.57 Å². The maximum absolute atomic E-state index is 11.6. The highest BCUT2D eigenvalue weighted by Crippen LogP contribution is 2.32. The summed E-state index contributed by atoms with van der Waals surface area (Å²) in [6, 6.07) is 0. The van der Waals surface area contributed by atoms with Gasteiger partial charge in [0.1, 0.15) is 12.2 Å². The number of nitrogens with zero attached hydrogens (tertiary/aromatic N) is 1. The van der Waals surface area contributed by atoms with Gasteiger partial charge in [0.25, 0.3) is 11.5 Å². The van der Waals surface area contributed by atoms with Crippen molar-refractivity contribution in [1.82, 2.24) is 9.55 Å². The number of aliphatic hydroxyl groups excluding tert-OH is 3. The van der Waals surface area contributed by atoms with Crippen LogP contribution in [0.25, 0.3) is 0 Å². The minimum absolute atomic E-state index is 0.103. The highest BCUT2D eigenvalue weighted by atomic mass is 16.7. The van der Waals surface area contributed by atoms with E-state index in [-0.39, 0.29) is 5.56 Å². The zero-order valence-corrected chi connectivity index (χ0v) is 9.98. The number of aromatic amines is 1. The van der Waals surface area contributed by atoms with Gasteiger partial charge in [-0.2, -0.15) is 0 Å². The minimum atomic E-state index is -2.56. The molecule has 5 N–H and O–H groups in total. The van der Waals surface area contributed by atoms with Crippen LogP contribution in [-0.2, 0) is 10.6 Å². The van der Waals surface area contributed by atoms with Crippen molar-refractivity contribution in [3.63, 3.8) is 0 Å². The smallest absolute Gasteiger partial charge is 0.332 e. The lowest BCUT2D eigenvalue weighted by atomic mass is 10.1.